The van der Waals surface area contributed by atoms with Crippen LogP contribution in [0.3, 0.4) is 0 Å². The third-order valence-electron chi connectivity index (χ3n) is 4.57. The first-order chi connectivity index (χ1) is 9.61. The highest BCUT2D eigenvalue weighted by molar-refractivity contribution is 5.87. The summed E-state index contributed by atoms with van der Waals surface area (Å²) >= 11 is 0. The van der Waals surface area contributed by atoms with E-state index in [2.05, 4.69) is 4.90 Å². The Morgan fingerprint density at radius 2 is 1.40 bits per heavy atom. The van der Waals surface area contributed by atoms with E-state index in [9.17, 15) is 14.7 Å². The van der Waals surface area contributed by atoms with Crippen LogP contribution in [-0.4, -0.2) is 59.0 Å². The maximum absolute atomic E-state index is 12.8. The lowest BCUT2D eigenvalue weighted by Gasteiger charge is -2.39. The molecule has 1 amide bonds. The van der Waals surface area contributed by atoms with Gasteiger partial charge in [0.25, 0.3) is 0 Å². The number of hydrogen-bond acceptors (Lipinski definition) is 3. The van der Waals surface area contributed by atoms with Crippen LogP contribution in [-0.2, 0) is 9.59 Å². The highest BCUT2D eigenvalue weighted by Gasteiger charge is 2.38. The topological polar surface area (TPSA) is 60.9 Å². The SMILES string of the molecule is CC(C(=O)O)C(C(=O)N1CCCCC1)N1CCCCC1. The van der Waals surface area contributed by atoms with E-state index < -0.39 is 17.9 Å². The second-order valence-corrected chi connectivity index (χ2v) is 6.05. The van der Waals surface area contributed by atoms with E-state index in [4.69, 9.17) is 0 Å². The molecule has 2 unspecified atom stereocenters. The molecule has 5 heteroatoms. The van der Waals surface area contributed by atoms with Gasteiger partial charge < -0.3 is 10.0 Å². The number of piperidine rings is 2. The van der Waals surface area contributed by atoms with Gasteiger partial charge >= 0.3 is 5.97 Å². The number of carbonyl (C=O) groups is 2. The normalized spacial score (nSPS) is 24.1. The molecule has 2 fully saturated rings. The van der Waals surface area contributed by atoms with E-state index >= 15 is 0 Å². The smallest absolute Gasteiger partial charge is 0.308 e. The average molecular weight is 282 g/mol. The zero-order chi connectivity index (χ0) is 14.5. The summed E-state index contributed by atoms with van der Waals surface area (Å²) in [5.74, 6) is -1.48. The highest BCUT2D eigenvalue weighted by atomic mass is 16.4. The van der Waals surface area contributed by atoms with Crippen LogP contribution in [0.25, 0.3) is 0 Å². The maximum Gasteiger partial charge on any atom is 0.308 e. The number of hydrogen-bond donors (Lipinski definition) is 1. The number of carboxylic acids is 1. The van der Waals surface area contributed by atoms with Crippen molar-refractivity contribution in [2.75, 3.05) is 26.2 Å². The predicted octanol–water partition coefficient (Wildman–Crippen LogP) is 1.57. The van der Waals surface area contributed by atoms with Crippen molar-refractivity contribution in [1.29, 1.82) is 0 Å². The lowest BCUT2D eigenvalue weighted by Crippen LogP contribution is -2.55. The van der Waals surface area contributed by atoms with Crippen LogP contribution in [0.1, 0.15) is 45.4 Å². The molecular formula is C15H26N2O3. The van der Waals surface area contributed by atoms with Gasteiger partial charge in [0.05, 0.1) is 5.92 Å². The van der Waals surface area contributed by atoms with Gasteiger partial charge in [-0.25, -0.2) is 0 Å². The predicted molar refractivity (Wildman–Crippen MR) is 76.4 cm³/mol. The van der Waals surface area contributed by atoms with Crippen molar-refractivity contribution in [2.24, 2.45) is 5.92 Å². The number of carboxylic acid groups (broad SMARTS) is 1. The van der Waals surface area contributed by atoms with E-state index in [0.717, 1.165) is 51.9 Å². The number of likely N-dealkylation sites (tertiary alicyclic amines) is 2. The van der Waals surface area contributed by atoms with Crippen LogP contribution >= 0.6 is 0 Å². The summed E-state index contributed by atoms with van der Waals surface area (Å²) < 4.78 is 0. The standard InChI is InChI=1S/C15H26N2O3/c1-12(15(19)20)13(16-8-4-2-5-9-16)14(18)17-10-6-3-7-11-17/h12-13H,2-11H2,1H3,(H,19,20). The van der Waals surface area contributed by atoms with Gasteiger partial charge in [-0.2, -0.15) is 0 Å². The molecule has 20 heavy (non-hydrogen) atoms. The largest absolute Gasteiger partial charge is 0.481 e. The molecule has 114 valence electrons. The first kappa shape index (κ1) is 15.3. The van der Waals surface area contributed by atoms with Gasteiger partial charge in [-0.05, 0) is 52.1 Å². The molecule has 2 saturated heterocycles. The lowest BCUT2D eigenvalue weighted by atomic mass is 9.95. The third-order valence-corrected chi connectivity index (χ3v) is 4.57. The first-order valence-electron chi connectivity index (χ1n) is 7.87. The van der Waals surface area contributed by atoms with E-state index in [-0.39, 0.29) is 5.91 Å². The minimum absolute atomic E-state index is 0.0292. The van der Waals surface area contributed by atoms with Crippen molar-refractivity contribution in [1.82, 2.24) is 9.80 Å². The van der Waals surface area contributed by atoms with Gasteiger partial charge in [0.2, 0.25) is 5.91 Å². The van der Waals surface area contributed by atoms with Crippen molar-refractivity contribution in [3.63, 3.8) is 0 Å². The lowest BCUT2D eigenvalue weighted by molar-refractivity contribution is -0.152. The minimum atomic E-state index is -0.870. The third kappa shape index (κ3) is 3.51. The quantitative estimate of drug-likeness (QED) is 0.850. The highest BCUT2D eigenvalue weighted by Crippen LogP contribution is 2.22. The molecular weight excluding hydrogens is 256 g/mol. The first-order valence-corrected chi connectivity index (χ1v) is 7.87. The maximum atomic E-state index is 12.8. The van der Waals surface area contributed by atoms with Crippen LogP contribution in [0.15, 0.2) is 0 Å². The van der Waals surface area contributed by atoms with Gasteiger partial charge in [0.15, 0.2) is 0 Å². The molecule has 0 radical (unpaired) electrons. The molecule has 2 heterocycles. The zero-order valence-electron chi connectivity index (χ0n) is 12.4. The average Bonchev–Trinajstić information content (AvgIpc) is 2.49. The monoisotopic (exact) mass is 282 g/mol. The van der Waals surface area contributed by atoms with Crippen molar-refractivity contribution in [2.45, 2.75) is 51.5 Å². The number of nitrogens with zero attached hydrogens (tertiary/aromatic N) is 2. The zero-order valence-corrected chi connectivity index (χ0v) is 12.4. The Balaban J connectivity index is 2.11. The second-order valence-electron chi connectivity index (χ2n) is 6.05. The van der Waals surface area contributed by atoms with Crippen molar-refractivity contribution in [3.05, 3.63) is 0 Å². The number of aliphatic carboxylic acids is 1. The van der Waals surface area contributed by atoms with E-state index in [1.54, 1.807) is 6.92 Å². The number of amides is 1. The Kier molecular flexibility index (Phi) is 5.40. The number of rotatable bonds is 4. The summed E-state index contributed by atoms with van der Waals surface area (Å²) in [6.45, 7) is 4.94. The van der Waals surface area contributed by atoms with Gasteiger partial charge in [-0.3, -0.25) is 14.5 Å². The van der Waals surface area contributed by atoms with Gasteiger partial charge in [-0.1, -0.05) is 6.42 Å². The molecule has 0 aromatic carbocycles. The van der Waals surface area contributed by atoms with Crippen LogP contribution in [0.2, 0.25) is 0 Å². The van der Waals surface area contributed by atoms with Crippen LogP contribution in [0, 0.1) is 5.92 Å². The molecule has 1 N–H and O–H groups in total. The summed E-state index contributed by atoms with van der Waals surface area (Å²) in [6.07, 6.45) is 6.57. The van der Waals surface area contributed by atoms with Crippen LogP contribution in [0.4, 0.5) is 0 Å². The fraction of sp³-hybridized carbons (Fsp3) is 0.867. The van der Waals surface area contributed by atoms with Gasteiger partial charge in [0.1, 0.15) is 6.04 Å². The van der Waals surface area contributed by atoms with Crippen LogP contribution in [0.5, 0.6) is 0 Å². The molecule has 0 aliphatic carbocycles. The molecule has 0 aromatic heterocycles. The Labute approximate surface area is 120 Å². The van der Waals surface area contributed by atoms with Crippen molar-refractivity contribution < 1.29 is 14.7 Å². The van der Waals surface area contributed by atoms with E-state index in [0.29, 0.717) is 0 Å². The minimum Gasteiger partial charge on any atom is -0.481 e. The summed E-state index contributed by atoms with van der Waals surface area (Å²) in [5, 5.41) is 9.33. The summed E-state index contributed by atoms with van der Waals surface area (Å²) in [7, 11) is 0. The summed E-state index contributed by atoms with van der Waals surface area (Å²) in [4.78, 5) is 28.1. The Morgan fingerprint density at radius 3 is 1.90 bits per heavy atom. The Morgan fingerprint density at radius 1 is 0.900 bits per heavy atom. The second kappa shape index (κ2) is 7.07. The molecule has 0 spiro atoms. The molecule has 2 rings (SSSR count). The van der Waals surface area contributed by atoms with Crippen LogP contribution < -0.4 is 0 Å². The molecule has 2 aliphatic heterocycles. The molecule has 0 aromatic rings. The summed E-state index contributed by atoms with van der Waals surface area (Å²) in [6, 6.07) is -0.481. The number of carbonyl (C=O) groups excluding carboxylic acids is 1. The van der Waals surface area contributed by atoms with Gasteiger partial charge in [-0.15, -0.1) is 0 Å². The molecule has 2 aliphatic rings. The van der Waals surface area contributed by atoms with Gasteiger partial charge in [0, 0.05) is 13.1 Å². The van der Waals surface area contributed by atoms with Crippen molar-refractivity contribution in [3.8, 4) is 0 Å². The van der Waals surface area contributed by atoms with E-state index in [1.165, 1.54) is 12.8 Å². The Hall–Kier alpha value is -1.10. The Bertz CT molecular complexity index is 347. The summed E-state index contributed by atoms with van der Waals surface area (Å²) in [5.41, 5.74) is 0. The molecule has 5 nitrogen and oxygen atoms in total. The van der Waals surface area contributed by atoms with E-state index in [1.807, 2.05) is 4.90 Å². The van der Waals surface area contributed by atoms with Crippen molar-refractivity contribution >= 4 is 11.9 Å². The molecule has 2 atom stereocenters. The fourth-order valence-corrected chi connectivity index (χ4v) is 3.32. The fourth-order valence-electron chi connectivity index (χ4n) is 3.32. The molecule has 0 saturated carbocycles. The molecule has 0 bridgehead atoms.